The van der Waals surface area contributed by atoms with Gasteiger partial charge in [0.15, 0.2) is 44.0 Å². The summed E-state index contributed by atoms with van der Waals surface area (Å²) >= 11 is 0. The number of ether oxygens (including phenoxy) is 13. The lowest BCUT2D eigenvalue weighted by Crippen LogP contribution is -2.60. The molecule has 0 aromatic carbocycles. The lowest BCUT2D eigenvalue weighted by atomic mass is 9.78. The molecule has 17 unspecified atom stereocenters. The lowest BCUT2D eigenvalue weighted by molar-refractivity contribution is -0.370. The molecule has 7 saturated heterocycles. The van der Waals surface area contributed by atoms with Gasteiger partial charge in [-0.2, -0.15) is 0 Å². The molecule has 7 fully saturated rings. The average molecular weight is 1110 g/mol. The van der Waals surface area contributed by atoms with Crippen LogP contribution in [0, 0.1) is 88.8 Å². The van der Waals surface area contributed by atoms with E-state index in [2.05, 4.69) is 132 Å². The Morgan fingerprint density at radius 3 is 0.679 bits per heavy atom. The zero-order valence-corrected chi connectivity index (χ0v) is 52.4. The van der Waals surface area contributed by atoms with Crippen LogP contribution in [0.15, 0.2) is 0 Å². The Labute approximate surface area is 472 Å². The molecule has 15 nitrogen and oxygen atoms in total. The molecular weight excluding hydrogens is 997 g/mol. The second-order valence-corrected chi connectivity index (χ2v) is 26.4. The van der Waals surface area contributed by atoms with Gasteiger partial charge in [-0.05, 0) is 85.9 Å². The van der Waals surface area contributed by atoms with Crippen LogP contribution in [-0.2, 0) is 61.6 Å². The largest absolute Gasteiger partial charge is 0.394 e. The van der Waals surface area contributed by atoms with Crippen molar-refractivity contribution in [3.8, 4) is 0 Å². The topological polar surface area (TPSA) is 160 Å². The van der Waals surface area contributed by atoms with Crippen LogP contribution in [0.25, 0.3) is 0 Å². The van der Waals surface area contributed by atoms with Crippen molar-refractivity contribution in [2.45, 2.75) is 307 Å². The summed E-state index contributed by atoms with van der Waals surface area (Å²) in [6.07, 6.45) is -1.22. The van der Waals surface area contributed by atoms with Gasteiger partial charge in [-0.1, -0.05) is 145 Å². The molecule has 7 aliphatic heterocycles. The van der Waals surface area contributed by atoms with Crippen molar-refractivity contribution in [3.63, 3.8) is 0 Å². The molecule has 7 aliphatic rings. The molecule has 456 valence electrons. The first kappa shape index (κ1) is 65.0. The Kier molecular flexibility index (Phi) is 23.4. The summed E-state index contributed by atoms with van der Waals surface area (Å²) in [7, 11) is 0. The highest BCUT2D eigenvalue weighted by molar-refractivity contribution is 4.96. The van der Waals surface area contributed by atoms with Gasteiger partial charge >= 0.3 is 0 Å². The van der Waals surface area contributed by atoms with E-state index in [-0.39, 0.29) is 157 Å². The molecule has 0 aromatic heterocycles. The van der Waals surface area contributed by atoms with Gasteiger partial charge in [0.05, 0.1) is 79.9 Å². The second kappa shape index (κ2) is 28.1. The van der Waals surface area contributed by atoms with Gasteiger partial charge in [-0.3, -0.25) is 0 Å². The average Bonchev–Trinajstić information content (AvgIpc) is 3.45. The molecule has 7 heterocycles. The first-order chi connectivity index (χ1) is 37.0. The van der Waals surface area contributed by atoms with Crippen LogP contribution in [0.4, 0.5) is 0 Å². The fourth-order valence-corrected chi connectivity index (χ4v) is 14.5. The summed E-state index contributed by atoms with van der Waals surface area (Å²) in [4.78, 5) is 0. The quantitative estimate of drug-likeness (QED) is 0.126. The highest BCUT2D eigenvalue weighted by atomic mass is 16.8. The minimum absolute atomic E-state index is 0.0190. The Balaban J connectivity index is 0.947. The van der Waals surface area contributed by atoms with E-state index in [0.717, 1.165) is 38.5 Å². The van der Waals surface area contributed by atoms with E-state index in [4.69, 9.17) is 61.6 Å². The van der Waals surface area contributed by atoms with Gasteiger partial charge in [0.2, 0.25) is 0 Å². The Bertz CT molecular complexity index is 1780. The Morgan fingerprint density at radius 2 is 0.449 bits per heavy atom. The highest BCUT2D eigenvalue weighted by Crippen LogP contribution is 2.47. The van der Waals surface area contributed by atoms with E-state index in [9.17, 15) is 10.2 Å². The highest BCUT2D eigenvalue weighted by Gasteiger charge is 2.55. The van der Waals surface area contributed by atoms with Crippen molar-refractivity contribution in [1.82, 2.24) is 0 Å². The SMILES string of the molecule is CCC1O[C@@H](O[C@@H]2C(CC)O[C@@H](O[C@@H]3C(CC)O[C@@H](O[C@@H]4C(CO)O[C@H](O)C(C)C4C)C(C)[C@H]3C)C(C)[C@H]2C)C(C)C(C)[C@@H]1O[C@H]1OC(CC)[C@@H](O[C@@H]2OC(CC)[C@@H](OC3OC(CC)[C@@H](C)[C@H](C)[C@@H]3C)[C@H](C)C2C)C(C)C1C. The third-order valence-electron chi connectivity index (χ3n) is 22.1. The van der Waals surface area contributed by atoms with Crippen molar-refractivity contribution in [2.75, 3.05) is 6.61 Å². The zero-order valence-electron chi connectivity index (χ0n) is 52.4. The summed E-state index contributed by atoms with van der Waals surface area (Å²) in [6.45, 7) is 46.1. The maximum Gasteiger partial charge on any atom is 0.161 e. The van der Waals surface area contributed by atoms with Crippen molar-refractivity contribution in [3.05, 3.63) is 0 Å². The van der Waals surface area contributed by atoms with Crippen LogP contribution < -0.4 is 0 Å². The molecular formula is C63H114O15. The molecule has 0 amide bonds. The molecule has 0 spiro atoms. The summed E-state index contributed by atoms with van der Waals surface area (Å²) in [5.41, 5.74) is 0. The van der Waals surface area contributed by atoms with E-state index < -0.39 is 43.7 Å². The lowest BCUT2D eigenvalue weighted by Gasteiger charge is -2.52. The minimum Gasteiger partial charge on any atom is -0.394 e. The van der Waals surface area contributed by atoms with Crippen LogP contribution >= 0.6 is 0 Å². The Morgan fingerprint density at radius 1 is 0.244 bits per heavy atom. The monoisotopic (exact) mass is 1110 g/mol. The zero-order chi connectivity index (χ0) is 57.3. The van der Waals surface area contributed by atoms with Gasteiger partial charge < -0.3 is 71.8 Å². The molecule has 0 aliphatic carbocycles. The summed E-state index contributed by atoms with van der Waals surface area (Å²) in [5, 5.41) is 20.7. The van der Waals surface area contributed by atoms with E-state index >= 15 is 0 Å². The first-order valence-electron chi connectivity index (χ1n) is 31.8. The first-order valence-corrected chi connectivity index (χ1v) is 31.8. The molecule has 35 atom stereocenters. The second-order valence-electron chi connectivity index (χ2n) is 26.4. The molecule has 0 radical (unpaired) electrons. The van der Waals surface area contributed by atoms with E-state index in [1.165, 1.54) is 0 Å². The smallest absolute Gasteiger partial charge is 0.161 e. The van der Waals surface area contributed by atoms with Gasteiger partial charge in [0.1, 0.15) is 6.10 Å². The fraction of sp³-hybridized carbons (Fsp3) is 1.00. The number of hydrogen-bond acceptors (Lipinski definition) is 15. The standard InChI is InChI=1S/C63H114O15/c1-22-44-30(8)29(7)38(16)58(67-44)73-51-32(10)39(17)59(68-45(51)23-2)74-52-33(11)40(18)60(69-46(52)24-3)75-53-34(12)41(19)61(70-47(53)25-4)76-54-35(13)42(20)62(71-48(54)26-5)77-55-36(14)43(21)63(72-49(55)27-6)78-56-31(9)37(15)57(65)66-50(56)28-64/h29-65H,22-28H2,1-21H3/t29-,30-,31?,32+,33?,34?,35+,36+,37?,38-,39?,40?,41?,42?,43?,44?,45?,46?,47?,48?,49?,50?,51-,52-,53-,54-,55-,56-,57-,58?,59-,60+,61-,62-,63-/m0/s1. The molecule has 7 rings (SSSR count). The van der Waals surface area contributed by atoms with Crippen LogP contribution in [0.3, 0.4) is 0 Å². The molecule has 78 heavy (non-hydrogen) atoms. The maximum absolute atomic E-state index is 10.5. The Hall–Kier alpha value is -0.600. The predicted molar refractivity (Wildman–Crippen MR) is 298 cm³/mol. The van der Waals surface area contributed by atoms with Crippen LogP contribution in [-0.4, -0.2) is 140 Å². The molecule has 0 bridgehead atoms. The van der Waals surface area contributed by atoms with Crippen molar-refractivity contribution in [1.29, 1.82) is 0 Å². The molecule has 0 aromatic rings. The molecule has 2 N–H and O–H groups in total. The van der Waals surface area contributed by atoms with Crippen molar-refractivity contribution >= 4 is 0 Å². The summed E-state index contributed by atoms with van der Waals surface area (Å²) in [6, 6.07) is 0. The molecule has 15 heteroatoms. The van der Waals surface area contributed by atoms with Gasteiger partial charge in [0, 0.05) is 41.4 Å². The number of hydrogen-bond donors (Lipinski definition) is 2. The van der Waals surface area contributed by atoms with Crippen LogP contribution in [0.1, 0.15) is 184 Å². The fourth-order valence-electron chi connectivity index (χ4n) is 14.5. The number of aliphatic hydroxyl groups excluding tert-OH is 2. The van der Waals surface area contributed by atoms with Gasteiger partial charge in [-0.15, -0.1) is 0 Å². The number of rotatable bonds is 19. The maximum atomic E-state index is 10.5. The normalized spacial score (nSPS) is 53.5. The summed E-state index contributed by atoms with van der Waals surface area (Å²) in [5.74, 6) is 1.95. The molecule has 0 saturated carbocycles. The van der Waals surface area contributed by atoms with Crippen LogP contribution in [0.5, 0.6) is 0 Å². The third kappa shape index (κ3) is 13.3. The van der Waals surface area contributed by atoms with Crippen molar-refractivity contribution < 1.29 is 71.8 Å². The van der Waals surface area contributed by atoms with E-state index in [1.807, 2.05) is 13.8 Å². The number of aliphatic hydroxyl groups is 2. The summed E-state index contributed by atoms with van der Waals surface area (Å²) < 4.78 is 89.2. The predicted octanol–water partition coefficient (Wildman–Crippen LogP) is 11.4. The van der Waals surface area contributed by atoms with Gasteiger partial charge in [0.25, 0.3) is 0 Å². The minimum atomic E-state index is -0.947. The van der Waals surface area contributed by atoms with Gasteiger partial charge in [-0.25, -0.2) is 0 Å². The third-order valence-corrected chi connectivity index (χ3v) is 22.1. The van der Waals surface area contributed by atoms with E-state index in [1.54, 1.807) is 0 Å². The van der Waals surface area contributed by atoms with Crippen LogP contribution in [0.2, 0.25) is 0 Å². The van der Waals surface area contributed by atoms with E-state index in [0.29, 0.717) is 17.8 Å². The van der Waals surface area contributed by atoms with Crippen molar-refractivity contribution in [2.24, 2.45) is 88.8 Å².